The number of nitrogens with one attached hydrogen (secondary N) is 1. The van der Waals surface area contributed by atoms with Gasteiger partial charge in [0.1, 0.15) is 6.04 Å². The molecule has 0 aliphatic carbocycles. The first-order valence-corrected chi connectivity index (χ1v) is 7.66. The van der Waals surface area contributed by atoms with Crippen molar-refractivity contribution in [3.05, 3.63) is 29.3 Å². The molecule has 1 atom stereocenters. The van der Waals surface area contributed by atoms with Crippen molar-refractivity contribution in [3.63, 3.8) is 0 Å². The van der Waals surface area contributed by atoms with E-state index in [4.69, 9.17) is 0 Å². The summed E-state index contributed by atoms with van der Waals surface area (Å²) in [5, 5.41) is 3.12. The van der Waals surface area contributed by atoms with Crippen LogP contribution in [0.25, 0.3) is 0 Å². The number of hydrogen-bond donors (Lipinski definition) is 1. The van der Waals surface area contributed by atoms with E-state index in [1.807, 2.05) is 46.1 Å². The second kappa shape index (κ2) is 8.15. The van der Waals surface area contributed by atoms with E-state index in [1.165, 1.54) is 0 Å². The van der Waals surface area contributed by atoms with Crippen LogP contribution in [-0.2, 0) is 4.79 Å². The molecule has 4 nitrogen and oxygen atoms in total. The Labute approximate surface area is 129 Å². The first-order chi connectivity index (χ1) is 9.90. The molecule has 0 aliphatic heterocycles. The quantitative estimate of drug-likeness (QED) is 0.838. The second-order valence-electron chi connectivity index (χ2n) is 5.70. The van der Waals surface area contributed by atoms with Crippen molar-refractivity contribution in [2.24, 2.45) is 0 Å². The molecule has 118 valence electrons. The number of nitrogens with zero attached hydrogens (tertiary/aromatic N) is 2. The molecule has 1 aromatic carbocycles. The molecule has 4 heteroatoms. The van der Waals surface area contributed by atoms with Crippen molar-refractivity contribution in [2.45, 2.75) is 33.7 Å². The van der Waals surface area contributed by atoms with E-state index in [9.17, 15) is 4.79 Å². The van der Waals surface area contributed by atoms with Crippen molar-refractivity contribution >= 4 is 11.6 Å². The molecule has 0 fully saturated rings. The molecule has 0 saturated carbocycles. The Hall–Kier alpha value is -1.39. The maximum absolute atomic E-state index is 12.7. The largest absolute Gasteiger partial charge is 0.324 e. The van der Waals surface area contributed by atoms with Gasteiger partial charge in [0, 0.05) is 12.2 Å². The Morgan fingerprint density at radius 2 is 1.71 bits per heavy atom. The summed E-state index contributed by atoms with van der Waals surface area (Å²) in [6, 6.07) is 5.93. The number of rotatable bonds is 7. The molecule has 1 amide bonds. The number of hydrogen-bond acceptors (Lipinski definition) is 3. The summed E-state index contributed by atoms with van der Waals surface area (Å²) in [5.74, 6) is 0.0667. The van der Waals surface area contributed by atoms with E-state index >= 15 is 0 Å². The van der Waals surface area contributed by atoms with Gasteiger partial charge in [-0.15, -0.1) is 0 Å². The number of aryl methyl sites for hydroxylation is 2. The second-order valence-corrected chi connectivity index (χ2v) is 5.70. The maximum Gasteiger partial charge on any atom is 0.243 e. The number of carbonyl (C=O) groups excluding carboxylic acids is 1. The predicted octanol–water partition coefficient (Wildman–Crippen LogP) is 2.51. The van der Waals surface area contributed by atoms with Crippen molar-refractivity contribution in [1.29, 1.82) is 0 Å². The maximum atomic E-state index is 12.7. The molecular formula is C17H29N3O. The zero-order valence-electron chi connectivity index (χ0n) is 14.2. The highest BCUT2D eigenvalue weighted by Crippen LogP contribution is 2.20. The van der Waals surface area contributed by atoms with Crippen LogP contribution in [0.1, 0.15) is 25.0 Å². The third-order valence-corrected chi connectivity index (χ3v) is 4.09. The van der Waals surface area contributed by atoms with Gasteiger partial charge in [-0.2, -0.15) is 0 Å². The highest BCUT2D eigenvalue weighted by molar-refractivity contribution is 5.96. The van der Waals surface area contributed by atoms with E-state index in [1.54, 1.807) is 0 Å². The Kier molecular flexibility index (Phi) is 6.85. The summed E-state index contributed by atoms with van der Waals surface area (Å²) in [6.45, 7) is 10.8. The van der Waals surface area contributed by atoms with Gasteiger partial charge < -0.3 is 10.2 Å². The lowest BCUT2D eigenvalue weighted by atomic mass is 10.1. The molecular weight excluding hydrogens is 262 g/mol. The Morgan fingerprint density at radius 3 is 2.19 bits per heavy atom. The van der Waals surface area contributed by atoms with Crippen LogP contribution in [0.15, 0.2) is 18.2 Å². The van der Waals surface area contributed by atoms with Crippen molar-refractivity contribution < 1.29 is 4.79 Å². The van der Waals surface area contributed by atoms with E-state index in [0.717, 1.165) is 36.4 Å². The molecule has 0 saturated heterocycles. The minimum atomic E-state index is -0.140. The number of likely N-dealkylation sites (N-methyl/N-ethyl adjacent to an activating group) is 2. The molecule has 1 aromatic rings. The van der Waals surface area contributed by atoms with E-state index in [-0.39, 0.29) is 11.9 Å². The van der Waals surface area contributed by atoms with Gasteiger partial charge in [-0.3, -0.25) is 9.69 Å². The Balaban J connectivity index is 2.90. The van der Waals surface area contributed by atoms with Crippen molar-refractivity contribution in [2.75, 3.05) is 39.0 Å². The summed E-state index contributed by atoms with van der Waals surface area (Å²) in [7, 11) is 4.04. The van der Waals surface area contributed by atoms with Crippen LogP contribution in [0.4, 0.5) is 5.69 Å². The molecule has 21 heavy (non-hydrogen) atoms. The minimum absolute atomic E-state index is 0.0667. The molecule has 0 heterocycles. The molecule has 0 radical (unpaired) electrons. The van der Waals surface area contributed by atoms with Gasteiger partial charge in [-0.25, -0.2) is 0 Å². The van der Waals surface area contributed by atoms with Gasteiger partial charge in [0.15, 0.2) is 0 Å². The minimum Gasteiger partial charge on any atom is -0.324 e. The lowest BCUT2D eigenvalue weighted by molar-refractivity contribution is -0.121. The molecule has 0 aliphatic rings. The number of benzene rings is 1. The van der Waals surface area contributed by atoms with Gasteiger partial charge in [-0.05, 0) is 52.2 Å². The summed E-state index contributed by atoms with van der Waals surface area (Å²) >= 11 is 0. The van der Waals surface area contributed by atoms with Crippen LogP contribution < -0.4 is 5.32 Å². The van der Waals surface area contributed by atoms with E-state index < -0.39 is 0 Å². The number of amides is 1. The fourth-order valence-corrected chi connectivity index (χ4v) is 2.29. The van der Waals surface area contributed by atoms with Gasteiger partial charge >= 0.3 is 0 Å². The number of anilines is 1. The first kappa shape index (κ1) is 17.7. The summed E-state index contributed by atoms with van der Waals surface area (Å²) in [4.78, 5) is 16.9. The highest BCUT2D eigenvalue weighted by atomic mass is 16.2. The zero-order chi connectivity index (χ0) is 16.0. The zero-order valence-corrected chi connectivity index (χ0v) is 14.2. The van der Waals surface area contributed by atoms with Gasteiger partial charge in [0.2, 0.25) is 5.91 Å². The van der Waals surface area contributed by atoms with Crippen LogP contribution in [0.5, 0.6) is 0 Å². The van der Waals surface area contributed by atoms with E-state index in [0.29, 0.717) is 0 Å². The fourth-order valence-electron chi connectivity index (χ4n) is 2.29. The number of carbonyl (C=O) groups is 1. The predicted molar refractivity (Wildman–Crippen MR) is 89.8 cm³/mol. The monoisotopic (exact) mass is 291 g/mol. The van der Waals surface area contributed by atoms with Crippen molar-refractivity contribution in [3.8, 4) is 0 Å². The first-order valence-electron chi connectivity index (χ1n) is 7.66. The number of para-hydroxylation sites is 1. The lowest BCUT2D eigenvalue weighted by Crippen LogP contribution is -2.48. The molecule has 0 aromatic heterocycles. The van der Waals surface area contributed by atoms with Crippen LogP contribution in [-0.4, -0.2) is 55.5 Å². The van der Waals surface area contributed by atoms with Crippen LogP contribution in [0.2, 0.25) is 0 Å². The normalized spacial score (nSPS) is 12.8. The van der Waals surface area contributed by atoms with Crippen LogP contribution >= 0.6 is 0 Å². The summed E-state index contributed by atoms with van der Waals surface area (Å²) in [6.07, 6.45) is 0. The van der Waals surface area contributed by atoms with Crippen molar-refractivity contribution in [1.82, 2.24) is 9.80 Å². The topological polar surface area (TPSA) is 35.6 Å². The molecule has 1 unspecified atom stereocenters. The van der Waals surface area contributed by atoms with Gasteiger partial charge in [0.05, 0.1) is 0 Å². The standard InChI is InChI=1S/C17H29N3O/c1-7-19(5)12-15(20(6)8-2)17(21)18-16-13(3)10-9-11-14(16)4/h9-11,15H,7-8,12H2,1-6H3,(H,18,21). The third kappa shape index (κ3) is 4.83. The fraction of sp³-hybridized carbons (Fsp3) is 0.588. The van der Waals surface area contributed by atoms with Gasteiger partial charge in [-0.1, -0.05) is 32.0 Å². The average Bonchev–Trinajstić information content (AvgIpc) is 2.47. The third-order valence-electron chi connectivity index (χ3n) is 4.09. The highest BCUT2D eigenvalue weighted by Gasteiger charge is 2.24. The molecule has 0 bridgehead atoms. The smallest absolute Gasteiger partial charge is 0.243 e. The molecule has 1 rings (SSSR count). The molecule has 0 spiro atoms. The van der Waals surface area contributed by atoms with Gasteiger partial charge in [0.25, 0.3) is 0 Å². The van der Waals surface area contributed by atoms with Crippen LogP contribution in [0, 0.1) is 13.8 Å². The Bertz CT molecular complexity index is 453. The summed E-state index contributed by atoms with van der Waals surface area (Å²) in [5.41, 5.74) is 3.14. The average molecular weight is 291 g/mol. The molecule has 1 N–H and O–H groups in total. The van der Waals surface area contributed by atoms with Crippen LogP contribution in [0.3, 0.4) is 0 Å². The SMILES string of the molecule is CCN(C)CC(C(=O)Nc1c(C)cccc1C)N(C)CC. The summed E-state index contributed by atoms with van der Waals surface area (Å²) < 4.78 is 0. The van der Waals surface area contributed by atoms with E-state index in [2.05, 4.69) is 29.0 Å². The Morgan fingerprint density at radius 1 is 1.14 bits per heavy atom. The lowest BCUT2D eigenvalue weighted by Gasteiger charge is -2.29.